The lowest BCUT2D eigenvalue weighted by atomic mass is 10.0. The number of aromatic nitrogens is 1. The Labute approximate surface area is 228 Å². The SMILES string of the molecule is COc1ccc(N2C(=S)N[C@H](c3ccccn3)[C@@H]2c2ccc(-c3ccc(Br)cc3)o2)cc1NS(C)(=O)=O. The molecule has 0 aliphatic carbocycles. The quantitative estimate of drug-likeness (QED) is 0.263. The molecule has 8 nitrogen and oxygen atoms in total. The molecule has 11 heteroatoms. The second-order valence-electron chi connectivity index (χ2n) is 8.46. The van der Waals surface area contributed by atoms with Crippen molar-refractivity contribution in [1.29, 1.82) is 0 Å². The largest absolute Gasteiger partial charge is 0.495 e. The van der Waals surface area contributed by atoms with Crippen LogP contribution in [0.5, 0.6) is 5.75 Å². The highest BCUT2D eigenvalue weighted by Gasteiger charge is 2.42. The van der Waals surface area contributed by atoms with Crippen molar-refractivity contribution in [3.05, 3.63) is 94.9 Å². The Balaban J connectivity index is 1.61. The molecule has 2 aromatic carbocycles. The molecular formula is C26H23BrN4O4S2. The lowest BCUT2D eigenvalue weighted by molar-refractivity contribution is 0.416. The summed E-state index contributed by atoms with van der Waals surface area (Å²) in [6.45, 7) is 0. The van der Waals surface area contributed by atoms with Gasteiger partial charge in [-0.15, -0.1) is 0 Å². The molecule has 0 amide bonds. The molecule has 0 unspecified atom stereocenters. The van der Waals surface area contributed by atoms with E-state index in [0.717, 1.165) is 22.0 Å². The van der Waals surface area contributed by atoms with E-state index in [1.807, 2.05) is 65.6 Å². The van der Waals surface area contributed by atoms with Crippen LogP contribution in [0.15, 0.2) is 87.9 Å². The summed E-state index contributed by atoms with van der Waals surface area (Å²) in [6, 6.07) is 21.9. The van der Waals surface area contributed by atoms with Gasteiger partial charge in [0.1, 0.15) is 23.3 Å². The number of anilines is 2. The highest BCUT2D eigenvalue weighted by Crippen LogP contribution is 2.44. The van der Waals surface area contributed by atoms with Crippen LogP contribution in [-0.4, -0.2) is 31.9 Å². The number of ether oxygens (including phenoxy) is 1. The topological polar surface area (TPSA) is 96.7 Å². The summed E-state index contributed by atoms with van der Waals surface area (Å²) in [5.74, 6) is 1.78. The van der Waals surface area contributed by atoms with Gasteiger partial charge in [-0.1, -0.05) is 34.1 Å². The van der Waals surface area contributed by atoms with Crippen LogP contribution < -0.4 is 19.7 Å². The van der Waals surface area contributed by atoms with Gasteiger partial charge in [-0.2, -0.15) is 0 Å². The van der Waals surface area contributed by atoms with E-state index < -0.39 is 16.1 Å². The molecule has 0 saturated carbocycles. The van der Waals surface area contributed by atoms with Crippen LogP contribution in [0.3, 0.4) is 0 Å². The molecular weight excluding hydrogens is 576 g/mol. The number of pyridine rings is 1. The fraction of sp³-hybridized carbons (Fsp3) is 0.154. The van der Waals surface area contributed by atoms with Crippen molar-refractivity contribution in [2.75, 3.05) is 23.0 Å². The molecule has 1 aliphatic heterocycles. The number of benzene rings is 2. The van der Waals surface area contributed by atoms with Crippen LogP contribution in [0.2, 0.25) is 0 Å². The number of rotatable bonds is 7. The first-order chi connectivity index (χ1) is 17.7. The van der Waals surface area contributed by atoms with Gasteiger partial charge in [0.25, 0.3) is 0 Å². The molecule has 2 atom stereocenters. The Hall–Kier alpha value is -3.41. The average Bonchev–Trinajstić information content (AvgIpc) is 3.48. The number of nitrogens with zero attached hydrogens (tertiary/aromatic N) is 2. The maximum Gasteiger partial charge on any atom is 0.229 e. The molecule has 190 valence electrons. The van der Waals surface area contributed by atoms with Gasteiger partial charge in [0.05, 0.1) is 30.8 Å². The molecule has 0 bridgehead atoms. The molecule has 0 spiro atoms. The van der Waals surface area contributed by atoms with E-state index in [2.05, 4.69) is 31.0 Å². The lowest BCUT2D eigenvalue weighted by Crippen LogP contribution is -2.29. The zero-order valence-electron chi connectivity index (χ0n) is 19.9. The smallest absolute Gasteiger partial charge is 0.229 e. The number of furan rings is 1. The van der Waals surface area contributed by atoms with E-state index in [4.69, 9.17) is 21.4 Å². The number of sulfonamides is 1. The minimum atomic E-state index is -3.54. The van der Waals surface area contributed by atoms with E-state index in [1.165, 1.54) is 7.11 Å². The van der Waals surface area contributed by atoms with E-state index >= 15 is 0 Å². The summed E-state index contributed by atoms with van der Waals surface area (Å²) in [5.41, 5.74) is 2.70. The van der Waals surface area contributed by atoms with Crippen molar-refractivity contribution in [3.63, 3.8) is 0 Å². The van der Waals surface area contributed by atoms with Crippen LogP contribution in [-0.2, 0) is 10.0 Å². The molecule has 5 rings (SSSR count). The Bertz CT molecular complexity index is 1540. The third-order valence-electron chi connectivity index (χ3n) is 5.90. The summed E-state index contributed by atoms with van der Waals surface area (Å²) in [7, 11) is -2.06. The van der Waals surface area contributed by atoms with Crippen molar-refractivity contribution in [3.8, 4) is 17.1 Å². The highest BCUT2D eigenvalue weighted by atomic mass is 79.9. The Morgan fingerprint density at radius 1 is 1.11 bits per heavy atom. The van der Waals surface area contributed by atoms with Crippen LogP contribution in [0, 0.1) is 0 Å². The molecule has 1 fully saturated rings. The highest BCUT2D eigenvalue weighted by molar-refractivity contribution is 9.10. The second kappa shape index (κ2) is 10.2. The molecule has 4 aromatic rings. The third kappa shape index (κ3) is 5.34. The minimum Gasteiger partial charge on any atom is -0.495 e. The number of thiocarbonyl (C=S) groups is 1. The first-order valence-corrected chi connectivity index (χ1v) is 14.3. The maximum atomic E-state index is 12.0. The maximum absolute atomic E-state index is 12.0. The molecule has 37 heavy (non-hydrogen) atoms. The molecule has 2 aromatic heterocycles. The fourth-order valence-electron chi connectivity index (χ4n) is 4.33. The van der Waals surface area contributed by atoms with Crippen molar-refractivity contribution in [2.45, 2.75) is 12.1 Å². The lowest BCUT2D eigenvalue weighted by Gasteiger charge is -2.27. The van der Waals surface area contributed by atoms with Gasteiger partial charge in [0.2, 0.25) is 10.0 Å². The van der Waals surface area contributed by atoms with E-state index in [0.29, 0.717) is 33.8 Å². The summed E-state index contributed by atoms with van der Waals surface area (Å²) < 4.78 is 39.3. The predicted octanol–water partition coefficient (Wildman–Crippen LogP) is 5.66. The minimum absolute atomic E-state index is 0.306. The van der Waals surface area contributed by atoms with E-state index in [-0.39, 0.29) is 6.04 Å². The number of methoxy groups -OCH3 is 1. The number of hydrogen-bond donors (Lipinski definition) is 2. The first-order valence-electron chi connectivity index (χ1n) is 11.3. The number of nitrogens with one attached hydrogen (secondary N) is 2. The molecule has 1 saturated heterocycles. The zero-order valence-corrected chi connectivity index (χ0v) is 23.1. The third-order valence-corrected chi connectivity index (χ3v) is 7.34. The van der Waals surface area contributed by atoms with Crippen LogP contribution >= 0.6 is 28.1 Å². The number of halogens is 1. The van der Waals surface area contributed by atoms with Crippen molar-refractivity contribution >= 4 is 54.7 Å². The molecule has 3 heterocycles. The average molecular weight is 600 g/mol. The number of hydrogen-bond acceptors (Lipinski definition) is 6. The van der Waals surface area contributed by atoms with Gasteiger partial charge >= 0.3 is 0 Å². The van der Waals surface area contributed by atoms with Crippen LogP contribution in [0.4, 0.5) is 11.4 Å². The standard InChI is InChI=1S/C26H23BrN4O4S2/c1-34-22-11-10-18(15-20(22)30-37(2,32)33)31-25(24(29-26(31)36)19-5-3-4-14-28-19)23-13-12-21(35-23)16-6-8-17(27)9-7-16/h3-15,24-25,30H,1-2H3,(H,29,36)/t24-,25+/m1/s1. The second-order valence-corrected chi connectivity index (χ2v) is 11.5. The summed E-state index contributed by atoms with van der Waals surface area (Å²) in [4.78, 5) is 6.47. The fourth-order valence-corrected chi connectivity index (χ4v) is 5.50. The summed E-state index contributed by atoms with van der Waals surface area (Å²) in [5, 5.41) is 3.84. The van der Waals surface area contributed by atoms with Crippen LogP contribution in [0.1, 0.15) is 23.5 Å². The van der Waals surface area contributed by atoms with E-state index in [1.54, 1.807) is 18.3 Å². The monoisotopic (exact) mass is 598 g/mol. The van der Waals surface area contributed by atoms with Gasteiger partial charge in [-0.25, -0.2) is 8.42 Å². The van der Waals surface area contributed by atoms with Gasteiger partial charge in [-0.05, 0) is 66.8 Å². The summed E-state index contributed by atoms with van der Waals surface area (Å²) in [6.07, 6.45) is 2.82. The van der Waals surface area contributed by atoms with Gasteiger partial charge in [-0.3, -0.25) is 9.71 Å². The van der Waals surface area contributed by atoms with Crippen molar-refractivity contribution in [1.82, 2.24) is 10.3 Å². The zero-order chi connectivity index (χ0) is 26.2. The molecule has 0 radical (unpaired) electrons. The first kappa shape index (κ1) is 25.2. The Morgan fingerprint density at radius 2 is 1.89 bits per heavy atom. The van der Waals surface area contributed by atoms with Crippen LogP contribution in [0.25, 0.3) is 11.3 Å². The molecule has 2 N–H and O–H groups in total. The van der Waals surface area contributed by atoms with Crippen molar-refractivity contribution in [2.24, 2.45) is 0 Å². The van der Waals surface area contributed by atoms with Gasteiger partial charge in [0.15, 0.2) is 5.11 Å². The molecule has 1 aliphatic rings. The predicted molar refractivity (Wildman–Crippen MR) is 151 cm³/mol. The van der Waals surface area contributed by atoms with E-state index in [9.17, 15) is 8.42 Å². The Morgan fingerprint density at radius 3 is 2.57 bits per heavy atom. The van der Waals surface area contributed by atoms with Gasteiger partial charge in [0, 0.05) is 21.9 Å². The van der Waals surface area contributed by atoms with Crippen molar-refractivity contribution < 1.29 is 17.6 Å². The van der Waals surface area contributed by atoms with Gasteiger partial charge < -0.3 is 19.4 Å². The normalized spacial score (nSPS) is 17.5. The summed E-state index contributed by atoms with van der Waals surface area (Å²) >= 11 is 9.24. The Kier molecular flexibility index (Phi) is 6.93.